The van der Waals surface area contributed by atoms with Gasteiger partial charge in [-0.05, 0) is 141 Å². The molecule has 0 bridgehead atoms. The van der Waals surface area contributed by atoms with Crippen molar-refractivity contribution < 1.29 is 24.5 Å². The fraction of sp³-hybridized carbons (Fsp3) is 0.519. The Morgan fingerprint density at radius 3 is 2.50 bits per heavy atom. The zero-order valence-corrected chi connectivity index (χ0v) is 36.6. The average molecular weight is 813 g/mol. The number of hydrogen-bond acceptors (Lipinski definition) is 8. The largest absolute Gasteiger partial charge is 0.504 e. The number of rotatable bonds is 14. The smallest absolute Gasteiger partial charge is 0.177 e. The highest BCUT2D eigenvalue weighted by molar-refractivity contribution is 6.00. The molecule has 1 aliphatic heterocycles. The lowest BCUT2D eigenvalue weighted by atomic mass is 9.73. The van der Waals surface area contributed by atoms with Crippen LogP contribution < -0.4 is 10.5 Å². The van der Waals surface area contributed by atoms with Gasteiger partial charge in [-0.1, -0.05) is 63.3 Å². The second kappa shape index (κ2) is 20.6. The number of nitrogens with two attached hydrogens (primary N) is 1. The van der Waals surface area contributed by atoms with Crippen LogP contribution in [0.15, 0.2) is 71.5 Å². The fourth-order valence-electron chi connectivity index (χ4n) is 9.88. The van der Waals surface area contributed by atoms with E-state index in [2.05, 4.69) is 80.7 Å². The molecule has 3 aliphatic rings. The zero-order valence-electron chi connectivity index (χ0n) is 36.6. The number of Topliss-reactive ketones (excluding diaryl/α,β-unsaturated/α-hetero) is 2. The van der Waals surface area contributed by atoms with E-state index in [0.29, 0.717) is 49.1 Å². The number of ketones is 2. The summed E-state index contributed by atoms with van der Waals surface area (Å²) in [6.07, 6.45) is 12.4. The van der Waals surface area contributed by atoms with Crippen LogP contribution in [-0.4, -0.2) is 46.2 Å². The Morgan fingerprint density at radius 2 is 1.78 bits per heavy atom. The van der Waals surface area contributed by atoms with E-state index in [1.54, 1.807) is 12.3 Å². The second-order valence-electron chi connectivity index (χ2n) is 18.4. The minimum atomic E-state index is -0.638. The number of hydrogen-bond donors (Lipinski definition) is 3. The van der Waals surface area contributed by atoms with E-state index in [0.717, 1.165) is 72.4 Å². The summed E-state index contributed by atoms with van der Waals surface area (Å²) in [5.74, 6) is 9.09. The number of nitrogens with zero attached hydrogens (tertiary/aromatic N) is 2. The molecule has 3 aromatic rings. The number of benzene rings is 2. The number of carbonyl (C=O) groups excluding carboxylic acids is 2. The van der Waals surface area contributed by atoms with E-state index < -0.39 is 17.9 Å². The fourth-order valence-corrected chi connectivity index (χ4v) is 9.88. The molecule has 2 heterocycles. The molecule has 8 nitrogen and oxygen atoms in total. The van der Waals surface area contributed by atoms with Crippen molar-refractivity contribution in [1.82, 2.24) is 4.98 Å². The number of aliphatic hydroxyl groups excluding tert-OH is 1. The lowest BCUT2D eigenvalue weighted by Crippen LogP contribution is -2.32. The molecular weight excluding hydrogens is 747 g/mol. The number of aliphatic hydroxyl groups is 1. The van der Waals surface area contributed by atoms with Crippen molar-refractivity contribution in [3.8, 4) is 23.3 Å². The van der Waals surface area contributed by atoms with Crippen LogP contribution in [0.5, 0.6) is 11.5 Å². The highest BCUT2D eigenvalue weighted by Crippen LogP contribution is 2.45. The maximum atomic E-state index is 14.7. The van der Waals surface area contributed by atoms with E-state index >= 15 is 0 Å². The van der Waals surface area contributed by atoms with Crippen LogP contribution in [0.4, 0.5) is 5.82 Å². The third-order valence-electron chi connectivity index (χ3n) is 13.1. The number of aromatic hydroxyl groups is 1. The van der Waals surface area contributed by atoms with Gasteiger partial charge in [0.2, 0.25) is 0 Å². The standard InChI is InChI=1S/C52H65N3O5/c1-7-10-44(48(57)28-41-25-40(31-55-41)33(4)5)39-23-35(21-34-19-20-54-52(53)24-34)22-37-16-18-45(43-12-9-8-11-36(43)14-13-32(2)3)46-30-50(59)51(60-6)27-38(46)15-17-42(56)29-49(58)47(37)26-39/h8-9,11-12,19-20,24-25,27,30-33,35,37,39,44-45,47-48,57H,7,10,13-15,17,21-23,26,28-29H2,1-6H3,(H2-,53,54,59)/p+1. The van der Waals surface area contributed by atoms with Gasteiger partial charge in [-0.25, -0.2) is 4.98 Å². The maximum Gasteiger partial charge on any atom is 0.177 e. The van der Waals surface area contributed by atoms with Crippen molar-refractivity contribution in [3.63, 3.8) is 0 Å². The molecule has 318 valence electrons. The third-order valence-corrected chi connectivity index (χ3v) is 13.1. The highest BCUT2D eigenvalue weighted by atomic mass is 16.5. The number of aliphatic imine (C=N–C) groups is 1. The Bertz CT molecular complexity index is 2090. The molecule has 0 amide bonds. The van der Waals surface area contributed by atoms with E-state index in [1.807, 2.05) is 30.5 Å². The molecular formula is C52H66N3O5+. The number of methoxy groups -OCH3 is 1. The van der Waals surface area contributed by atoms with Crippen LogP contribution in [-0.2, 0) is 28.9 Å². The number of carbonyl (C=O) groups is 2. The van der Waals surface area contributed by atoms with Crippen LogP contribution in [0.25, 0.3) is 0 Å². The number of allylic oxidation sites excluding steroid dienone is 1. The Balaban J connectivity index is 1.47. The van der Waals surface area contributed by atoms with Gasteiger partial charge < -0.3 is 20.7 Å². The third kappa shape index (κ3) is 11.3. The van der Waals surface area contributed by atoms with E-state index in [4.69, 9.17) is 10.5 Å². The van der Waals surface area contributed by atoms with Gasteiger partial charge >= 0.3 is 0 Å². The average Bonchev–Trinajstić information content (AvgIpc) is 3.61. The summed E-state index contributed by atoms with van der Waals surface area (Å²) in [5.41, 5.74) is 12.2. The molecule has 0 radical (unpaired) electrons. The van der Waals surface area contributed by atoms with Gasteiger partial charge in [0.25, 0.3) is 0 Å². The van der Waals surface area contributed by atoms with Gasteiger partial charge in [0.05, 0.1) is 32.0 Å². The quantitative estimate of drug-likeness (QED) is 0.0838. The lowest BCUT2D eigenvalue weighted by molar-refractivity contribution is -0.130. The summed E-state index contributed by atoms with van der Waals surface area (Å²) >= 11 is 0. The summed E-state index contributed by atoms with van der Waals surface area (Å²) in [7, 11) is 1.53. The summed E-state index contributed by atoms with van der Waals surface area (Å²) in [6.45, 7) is 10.9. The molecule has 1 fully saturated rings. The van der Waals surface area contributed by atoms with E-state index in [1.165, 1.54) is 12.7 Å². The van der Waals surface area contributed by atoms with Crippen molar-refractivity contribution in [2.75, 3.05) is 12.8 Å². The molecule has 2 aliphatic carbocycles. The normalized spacial score (nSPS) is 23.1. The number of phenols is 1. The Hall–Kier alpha value is -4.87. The van der Waals surface area contributed by atoms with Crippen LogP contribution in [0.2, 0.25) is 0 Å². The SMILES string of the molecule is CCCC(C(O)CC1=C[C+](C(C)C)C=N1)C1CC(Cc2ccnc(N)c2)CC2C#CC(c3ccccc3CCC(C)C)c3cc(O)c(OC)cc3CCC(=O)CC(=O)C2C1. The number of aromatic nitrogens is 1. The number of ether oxygens (including phenoxy) is 1. The molecule has 2 aromatic carbocycles. The first-order chi connectivity index (χ1) is 28.8. The number of anilines is 1. The summed E-state index contributed by atoms with van der Waals surface area (Å²) < 4.78 is 5.56. The first-order valence-electron chi connectivity index (χ1n) is 22.4. The van der Waals surface area contributed by atoms with Crippen LogP contribution in [0.1, 0.15) is 126 Å². The molecule has 60 heavy (non-hydrogen) atoms. The molecule has 4 N–H and O–H groups in total. The predicted octanol–water partition coefficient (Wildman–Crippen LogP) is 9.83. The van der Waals surface area contributed by atoms with Gasteiger partial charge in [-0.2, -0.15) is 0 Å². The number of aryl methyl sites for hydroxylation is 2. The van der Waals surface area contributed by atoms with Crippen molar-refractivity contribution in [2.24, 2.45) is 46.4 Å². The Labute approximate surface area is 358 Å². The van der Waals surface area contributed by atoms with E-state index in [-0.39, 0.29) is 53.8 Å². The van der Waals surface area contributed by atoms with Crippen LogP contribution >= 0.6 is 0 Å². The number of phenolic OH excluding ortho intramolecular Hbond substituents is 1. The molecule has 1 aromatic heterocycles. The highest BCUT2D eigenvalue weighted by Gasteiger charge is 2.42. The first kappa shape index (κ1) is 44.7. The number of fused-ring (bicyclic) bond motifs is 2. The van der Waals surface area contributed by atoms with Crippen molar-refractivity contribution >= 4 is 23.6 Å². The molecule has 0 spiro atoms. The number of nitrogen functional groups attached to an aromatic ring is 1. The monoisotopic (exact) mass is 812 g/mol. The minimum Gasteiger partial charge on any atom is -0.504 e. The van der Waals surface area contributed by atoms with Crippen LogP contribution in [0, 0.1) is 59.2 Å². The zero-order chi connectivity index (χ0) is 42.9. The predicted molar refractivity (Wildman–Crippen MR) is 241 cm³/mol. The molecule has 0 saturated heterocycles. The van der Waals surface area contributed by atoms with Crippen molar-refractivity contribution in [1.29, 1.82) is 0 Å². The lowest BCUT2D eigenvalue weighted by Gasteiger charge is -2.32. The number of pyridine rings is 1. The summed E-state index contributed by atoms with van der Waals surface area (Å²) in [5, 5.41) is 23.3. The molecule has 7 unspecified atom stereocenters. The Kier molecular flexibility index (Phi) is 15.3. The van der Waals surface area contributed by atoms with E-state index in [9.17, 15) is 19.8 Å². The first-order valence-corrected chi connectivity index (χ1v) is 22.4. The van der Waals surface area contributed by atoms with Crippen molar-refractivity contribution in [2.45, 2.75) is 124 Å². The van der Waals surface area contributed by atoms with Gasteiger partial charge in [0, 0.05) is 30.4 Å². The van der Waals surface area contributed by atoms with Gasteiger partial charge in [-0.15, -0.1) is 4.99 Å². The van der Waals surface area contributed by atoms with Gasteiger partial charge in [0.1, 0.15) is 35.6 Å². The van der Waals surface area contributed by atoms with Gasteiger partial charge in [0.15, 0.2) is 17.2 Å². The van der Waals surface area contributed by atoms with Crippen LogP contribution in [0.3, 0.4) is 0 Å². The molecule has 1 saturated carbocycles. The maximum absolute atomic E-state index is 14.7. The minimum absolute atomic E-state index is 0.0186. The second-order valence-corrected chi connectivity index (χ2v) is 18.4. The molecule has 7 atom stereocenters. The topological polar surface area (TPSA) is 135 Å². The molecule has 8 heteroatoms. The summed E-state index contributed by atoms with van der Waals surface area (Å²) in [4.78, 5) is 37.5. The summed E-state index contributed by atoms with van der Waals surface area (Å²) in [6, 6.07) is 16.0. The van der Waals surface area contributed by atoms with Gasteiger partial charge in [-0.3, -0.25) is 9.59 Å². The Morgan fingerprint density at radius 1 is 0.983 bits per heavy atom. The molecule has 6 rings (SSSR count). The van der Waals surface area contributed by atoms with Crippen molar-refractivity contribution in [3.05, 3.63) is 100 Å².